The summed E-state index contributed by atoms with van der Waals surface area (Å²) in [7, 11) is 0. The Labute approximate surface area is 160 Å². The minimum atomic E-state index is -3.53. The van der Waals surface area contributed by atoms with Gasteiger partial charge in [0.25, 0.3) is 18.8 Å². The van der Waals surface area contributed by atoms with Crippen molar-refractivity contribution in [1.82, 2.24) is 14.8 Å². The SMILES string of the molecule is O=C(c1cccc(Cn2cc([N+](=O)[O-])cn2)c1)N1N=C(C(F)F)C[C@@]1(O)C(F)F. The van der Waals surface area contributed by atoms with E-state index < -0.39 is 41.5 Å². The first-order valence-corrected chi connectivity index (χ1v) is 8.08. The Kier molecular flexibility index (Phi) is 5.33. The molecular weight excluding hydrogens is 402 g/mol. The van der Waals surface area contributed by atoms with E-state index in [1.54, 1.807) is 6.07 Å². The largest absolute Gasteiger partial charge is 0.364 e. The molecule has 0 unspecified atom stereocenters. The number of benzene rings is 1. The van der Waals surface area contributed by atoms with Crippen molar-refractivity contribution in [3.05, 3.63) is 57.9 Å². The number of nitrogens with zero attached hydrogens (tertiary/aromatic N) is 5. The van der Waals surface area contributed by atoms with Gasteiger partial charge in [-0.2, -0.15) is 15.2 Å². The van der Waals surface area contributed by atoms with Crippen molar-refractivity contribution in [1.29, 1.82) is 0 Å². The molecular formula is C16H13F4N5O4. The summed E-state index contributed by atoms with van der Waals surface area (Å²) in [4.78, 5) is 22.7. The van der Waals surface area contributed by atoms with Crippen LogP contribution in [0.3, 0.4) is 0 Å². The highest BCUT2D eigenvalue weighted by atomic mass is 19.3. The highest BCUT2D eigenvalue weighted by Gasteiger charge is 2.53. The molecule has 0 fully saturated rings. The Hall–Kier alpha value is -3.35. The van der Waals surface area contributed by atoms with Crippen molar-refractivity contribution < 1.29 is 32.4 Å². The second kappa shape index (κ2) is 7.58. The van der Waals surface area contributed by atoms with Gasteiger partial charge in [0, 0.05) is 12.0 Å². The molecule has 1 atom stereocenters. The number of hydrogen-bond acceptors (Lipinski definition) is 6. The smallest absolute Gasteiger partial charge is 0.307 e. The first-order valence-electron chi connectivity index (χ1n) is 8.08. The van der Waals surface area contributed by atoms with Crippen molar-refractivity contribution in [3.63, 3.8) is 0 Å². The molecule has 1 aliphatic heterocycles. The summed E-state index contributed by atoms with van der Waals surface area (Å²) in [6.45, 7) is 0.0135. The molecule has 0 radical (unpaired) electrons. The summed E-state index contributed by atoms with van der Waals surface area (Å²) in [6, 6.07) is 5.44. The van der Waals surface area contributed by atoms with E-state index >= 15 is 0 Å². The molecule has 29 heavy (non-hydrogen) atoms. The molecule has 1 aromatic heterocycles. The lowest BCUT2D eigenvalue weighted by Gasteiger charge is -2.30. The van der Waals surface area contributed by atoms with Gasteiger partial charge in [0.1, 0.15) is 18.1 Å². The summed E-state index contributed by atoms with van der Waals surface area (Å²) in [6.07, 6.45) is -5.73. The number of halogens is 4. The van der Waals surface area contributed by atoms with E-state index in [4.69, 9.17) is 0 Å². The molecule has 2 aromatic rings. The minimum absolute atomic E-state index is 0.0135. The summed E-state index contributed by atoms with van der Waals surface area (Å²) >= 11 is 0. The Morgan fingerprint density at radius 1 is 1.34 bits per heavy atom. The fourth-order valence-corrected chi connectivity index (χ4v) is 2.75. The van der Waals surface area contributed by atoms with Gasteiger partial charge < -0.3 is 5.11 Å². The molecule has 1 aromatic carbocycles. The van der Waals surface area contributed by atoms with Crippen molar-refractivity contribution in [3.8, 4) is 0 Å². The Morgan fingerprint density at radius 3 is 2.66 bits per heavy atom. The fraction of sp³-hybridized carbons (Fsp3) is 0.312. The second-order valence-corrected chi connectivity index (χ2v) is 6.22. The summed E-state index contributed by atoms with van der Waals surface area (Å²) < 4.78 is 53.5. The predicted molar refractivity (Wildman–Crippen MR) is 89.6 cm³/mol. The number of hydrogen-bond donors (Lipinski definition) is 1. The maximum absolute atomic E-state index is 13.3. The highest BCUT2D eigenvalue weighted by molar-refractivity contribution is 5.99. The monoisotopic (exact) mass is 415 g/mol. The maximum Gasteiger partial charge on any atom is 0.307 e. The Balaban J connectivity index is 1.87. The molecule has 13 heteroatoms. The zero-order chi connectivity index (χ0) is 21.3. The molecule has 0 saturated carbocycles. The van der Waals surface area contributed by atoms with Crippen LogP contribution in [0.2, 0.25) is 0 Å². The average molecular weight is 415 g/mol. The zero-order valence-electron chi connectivity index (χ0n) is 14.5. The van der Waals surface area contributed by atoms with Crippen LogP contribution in [0.4, 0.5) is 23.2 Å². The van der Waals surface area contributed by atoms with Gasteiger partial charge in [-0.1, -0.05) is 12.1 Å². The molecule has 154 valence electrons. The van der Waals surface area contributed by atoms with Gasteiger partial charge in [-0.3, -0.25) is 19.6 Å². The summed E-state index contributed by atoms with van der Waals surface area (Å²) in [5, 5.41) is 27.7. The van der Waals surface area contributed by atoms with Crippen LogP contribution in [-0.4, -0.2) is 55.0 Å². The van der Waals surface area contributed by atoms with Crippen molar-refractivity contribution in [2.45, 2.75) is 31.5 Å². The van der Waals surface area contributed by atoms with E-state index in [0.29, 0.717) is 5.56 Å². The fourth-order valence-electron chi connectivity index (χ4n) is 2.75. The number of aromatic nitrogens is 2. The minimum Gasteiger partial charge on any atom is -0.364 e. The molecule has 0 aliphatic carbocycles. The second-order valence-electron chi connectivity index (χ2n) is 6.22. The van der Waals surface area contributed by atoms with Crippen molar-refractivity contribution in [2.24, 2.45) is 5.10 Å². The average Bonchev–Trinajstić information content (AvgIpc) is 3.27. The number of carbonyl (C=O) groups is 1. The third-order valence-corrected chi connectivity index (χ3v) is 4.18. The molecule has 1 amide bonds. The first-order chi connectivity index (χ1) is 13.6. The molecule has 3 rings (SSSR count). The normalized spacial score (nSPS) is 19.1. The van der Waals surface area contributed by atoms with Gasteiger partial charge in [0.2, 0.25) is 5.72 Å². The number of amides is 1. The van der Waals surface area contributed by atoms with Gasteiger partial charge in [-0.25, -0.2) is 17.6 Å². The van der Waals surface area contributed by atoms with Gasteiger partial charge >= 0.3 is 5.69 Å². The molecule has 9 nitrogen and oxygen atoms in total. The standard InChI is InChI=1S/C16H13F4N5O4/c17-13(18)12-5-16(27,15(19)20)24(22-12)14(26)10-3-1-2-9(4-10)7-23-8-11(6-21-23)25(28)29/h1-4,6,8,13,15,27H,5,7H2/t16-/m1/s1. The Morgan fingerprint density at radius 2 is 2.07 bits per heavy atom. The predicted octanol–water partition coefficient (Wildman–Crippen LogP) is 2.26. The third-order valence-electron chi connectivity index (χ3n) is 4.18. The number of rotatable bonds is 6. The Bertz CT molecular complexity index is 980. The van der Waals surface area contributed by atoms with E-state index in [2.05, 4.69) is 10.2 Å². The number of nitro groups is 1. The maximum atomic E-state index is 13.3. The summed E-state index contributed by atoms with van der Waals surface area (Å²) in [5.74, 6) is -1.20. The summed E-state index contributed by atoms with van der Waals surface area (Å²) in [5.41, 5.74) is -4.22. The number of aliphatic hydroxyl groups is 1. The zero-order valence-corrected chi connectivity index (χ0v) is 14.5. The van der Waals surface area contributed by atoms with E-state index in [1.165, 1.54) is 22.9 Å². The van der Waals surface area contributed by atoms with Crippen LogP contribution >= 0.6 is 0 Å². The first kappa shape index (κ1) is 20.4. The molecule has 0 spiro atoms. The van der Waals surface area contributed by atoms with Crippen LogP contribution in [0.1, 0.15) is 22.3 Å². The highest BCUT2D eigenvalue weighted by Crippen LogP contribution is 2.34. The molecule has 1 aliphatic rings. The number of hydrazone groups is 1. The van der Waals surface area contributed by atoms with Crippen LogP contribution in [0, 0.1) is 10.1 Å². The molecule has 1 N–H and O–H groups in total. The van der Waals surface area contributed by atoms with Gasteiger partial charge in [0.05, 0.1) is 11.5 Å². The third kappa shape index (κ3) is 3.94. The van der Waals surface area contributed by atoms with E-state index in [9.17, 15) is 37.6 Å². The van der Waals surface area contributed by atoms with Crippen LogP contribution in [0.15, 0.2) is 41.8 Å². The lowest BCUT2D eigenvalue weighted by atomic mass is 10.1. The molecule has 2 heterocycles. The van der Waals surface area contributed by atoms with E-state index in [1.807, 2.05) is 0 Å². The quantitative estimate of drug-likeness (QED) is 0.442. The van der Waals surface area contributed by atoms with Crippen LogP contribution < -0.4 is 0 Å². The molecule has 0 bridgehead atoms. The van der Waals surface area contributed by atoms with Gasteiger partial charge in [0.15, 0.2) is 0 Å². The van der Waals surface area contributed by atoms with E-state index in [0.717, 1.165) is 12.4 Å². The topological polar surface area (TPSA) is 114 Å². The van der Waals surface area contributed by atoms with E-state index in [-0.39, 0.29) is 22.8 Å². The van der Waals surface area contributed by atoms with Gasteiger partial charge in [-0.05, 0) is 17.7 Å². The lowest BCUT2D eigenvalue weighted by Crippen LogP contribution is -2.51. The van der Waals surface area contributed by atoms with Gasteiger partial charge in [-0.15, -0.1) is 0 Å². The van der Waals surface area contributed by atoms with Crippen molar-refractivity contribution in [2.75, 3.05) is 0 Å². The van der Waals surface area contributed by atoms with Crippen molar-refractivity contribution >= 4 is 17.3 Å². The lowest BCUT2D eigenvalue weighted by molar-refractivity contribution is -0.385. The number of carbonyl (C=O) groups excluding carboxylic acids is 1. The van der Waals surface area contributed by atoms with Crippen LogP contribution in [0.25, 0.3) is 0 Å². The van der Waals surface area contributed by atoms with Crippen LogP contribution in [-0.2, 0) is 6.54 Å². The molecule has 0 saturated heterocycles. The van der Waals surface area contributed by atoms with Crippen LogP contribution in [0.5, 0.6) is 0 Å². The number of alkyl halides is 4.